The van der Waals surface area contributed by atoms with Crippen molar-refractivity contribution in [3.63, 3.8) is 0 Å². The number of nitriles is 1. The van der Waals surface area contributed by atoms with Crippen molar-refractivity contribution in [3.05, 3.63) is 64.1 Å². The quantitative estimate of drug-likeness (QED) is 0.108. The Labute approximate surface area is 320 Å². The molecule has 0 bridgehead atoms. The summed E-state index contributed by atoms with van der Waals surface area (Å²) in [7, 11) is -2.41. The number of carboxylic acid groups (broad SMARTS) is 1. The van der Waals surface area contributed by atoms with E-state index in [4.69, 9.17) is 26.9 Å². The maximum atomic E-state index is 14.3. The molecule has 1 atom stereocenters. The van der Waals surface area contributed by atoms with Gasteiger partial charge in [-0.05, 0) is 91.2 Å². The highest BCUT2D eigenvalue weighted by Gasteiger charge is 2.15. The van der Waals surface area contributed by atoms with Gasteiger partial charge in [0.05, 0.1) is 70.1 Å². The summed E-state index contributed by atoms with van der Waals surface area (Å²) in [5, 5.41) is 27.9. The molecule has 1 aliphatic heterocycles. The molecule has 0 aliphatic carbocycles. The van der Waals surface area contributed by atoms with E-state index in [0.29, 0.717) is 48.2 Å². The molecular formula is C28H34Br2ClFN5O9PS3. The summed E-state index contributed by atoms with van der Waals surface area (Å²) < 4.78 is 33.2. The van der Waals surface area contributed by atoms with Crippen molar-refractivity contribution in [1.29, 1.82) is 5.26 Å². The average molecular weight is 926 g/mol. The van der Waals surface area contributed by atoms with Gasteiger partial charge in [0, 0.05) is 18.0 Å². The van der Waals surface area contributed by atoms with E-state index in [2.05, 4.69) is 60.4 Å². The van der Waals surface area contributed by atoms with Gasteiger partial charge in [-0.1, -0.05) is 11.6 Å². The number of esters is 1. The maximum absolute atomic E-state index is 14.3. The Hall–Kier alpha value is -2.18. The molecule has 0 radical (unpaired) electrons. The summed E-state index contributed by atoms with van der Waals surface area (Å²) in [5.74, 6) is -1.98. The second-order valence-corrected chi connectivity index (χ2v) is 18.1. The van der Waals surface area contributed by atoms with Crippen molar-refractivity contribution >= 4 is 103 Å². The number of ether oxygens (including phenoxy) is 1. The molecule has 0 fully saturated rings. The number of rotatable bonds is 8. The van der Waals surface area contributed by atoms with Crippen LogP contribution in [0, 0.1) is 17.1 Å². The van der Waals surface area contributed by atoms with E-state index >= 15 is 0 Å². The fraction of sp³-hybridized carbons (Fsp3) is 0.393. The molecule has 276 valence electrons. The van der Waals surface area contributed by atoms with Crippen LogP contribution in [0.25, 0.3) is 0 Å². The molecule has 4 N–H and O–H groups in total. The third-order valence-electron chi connectivity index (χ3n) is 5.42. The molecule has 14 nitrogen and oxygen atoms in total. The first kappa shape index (κ1) is 45.8. The molecule has 2 heterocycles. The third-order valence-corrected chi connectivity index (χ3v) is 9.57. The Balaban J connectivity index is 0.000000413. The minimum Gasteiger partial charge on any atom is -0.778 e. The van der Waals surface area contributed by atoms with E-state index in [0.717, 1.165) is 42.0 Å². The van der Waals surface area contributed by atoms with Gasteiger partial charge in [-0.3, -0.25) is 24.4 Å². The van der Waals surface area contributed by atoms with Gasteiger partial charge in [0.15, 0.2) is 0 Å². The number of thioether (sulfide) groups is 1. The number of carboxylic acids is 1. The number of carbonyl (C=O) groups is 2. The van der Waals surface area contributed by atoms with Gasteiger partial charge in [0.25, 0.3) is 0 Å². The third kappa shape index (κ3) is 17.4. The minimum atomic E-state index is -4.35. The van der Waals surface area contributed by atoms with Crippen molar-refractivity contribution in [3.8, 4) is 11.8 Å². The number of nitrogens with one attached hydrogen (secondary N) is 1. The maximum Gasteiger partial charge on any atom is 0.325 e. The number of nitrogens with zero attached hydrogens (tertiary/aromatic N) is 4. The first-order valence-electron chi connectivity index (χ1n) is 13.9. The van der Waals surface area contributed by atoms with Crippen LogP contribution in [0.15, 0.2) is 47.9 Å². The van der Waals surface area contributed by atoms with Crippen molar-refractivity contribution in [2.45, 2.75) is 30.8 Å². The first-order valence-corrected chi connectivity index (χ1v) is 21.8. The molecular weight excluding hydrogens is 892 g/mol. The summed E-state index contributed by atoms with van der Waals surface area (Å²) in [5.41, 5.74) is 0.584. The molecule has 0 amide bonds. The summed E-state index contributed by atoms with van der Waals surface area (Å²) in [6.45, 7) is 0.845. The molecule has 1 aromatic heterocycles. The van der Waals surface area contributed by atoms with E-state index in [1.54, 1.807) is 21.5 Å². The van der Waals surface area contributed by atoms with Crippen LogP contribution >= 0.6 is 74.2 Å². The number of benzene rings is 2. The number of aromatic hydroxyl groups is 1. The monoisotopic (exact) mass is 923 g/mol. The topological polar surface area (TPSA) is 219 Å². The highest BCUT2D eigenvalue weighted by atomic mass is 79.9. The molecule has 1 aliphatic rings. The lowest BCUT2D eigenvalue weighted by Crippen LogP contribution is -2.31. The second kappa shape index (κ2) is 22.7. The van der Waals surface area contributed by atoms with Gasteiger partial charge < -0.3 is 29.3 Å². The molecule has 22 heteroatoms. The minimum absolute atomic E-state index is 0.0605. The van der Waals surface area contributed by atoms with Crippen LogP contribution in [0.5, 0.6) is 5.75 Å². The zero-order valence-electron chi connectivity index (χ0n) is 27.0. The number of phenolic OH excluding ortho intramolecular Hbond substituents is 1. The normalized spacial score (nSPS) is 13.2. The summed E-state index contributed by atoms with van der Waals surface area (Å²) in [6.07, 6.45) is 7.77. The van der Waals surface area contributed by atoms with Crippen LogP contribution in [0.2, 0.25) is 5.02 Å². The van der Waals surface area contributed by atoms with Crippen LogP contribution in [-0.2, 0) is 42.9 Å². The lowest BCUT2D eigenvalue weighted by atomic mass is 10.2. The standard InChI is InChI=1S/C15H15ClFN3O3S2.C7H3Br2NO.C3H8NO5P.C3H9S/c1-23-13(21)8-24-12-7-11(10(17)6-9(12)16)18-14-19-4-2-3-5-20(19)15(22)25-14;8-5-1-4(3-10)2-6(9)7(5)11;5-3(6)1-4-2-10(7,8)9;1-4(2)3/h6-7H,2-5,8H2,1H3;1-2,11H;4H,1-2H2,(H,5,6)(H2,7,8,9);1-3H3/q;;;+1/p-1/b18-14-;;;. The molecule has 3 aromatic rings. The van der Waals surface area contributed by atoms with Gasteiger partial charge >= 0.3 is 16.8 Å². The molecule has 2 aromatic carbocycles. The number of aromatic nitrogens is 2. The van der Waals surface area contributed by atoms with E-state index in [-0.39, 0.29) is 27.1 Å². The van der Waals surface area contributed by atoms with Crippen molar-refractivity contribution in [1.82, 2.24) is 14.7 Å². The largest absolute Gasteiger partial charge is 0.778 e. The molecule has 1 unspecified atom stereocenters. The van der Waals surface area contributed by atoms with Crippen LogP contribution in [0.4, 0.5) is 10.1 Å². The Kier molecular flexibility index (Phi) is 20.8. The molecule has 0 saturated carbocycles. The zero-order chi connectivity index (χ0) is 38.2. The van der Waals surface area contributed by atoms with Gasteiger partial charge in [0.2, 0.25) is 4.80 Å². The van der Waals surface area contributed by atoms with Gasteiger partial charge in [-0.15, -0.1) is 11.8 Å². The number of hydrogen-bond donors (Lipinski definition) is 4. The smallest absolute Gasteiger partial charge is 0.325 e. The van der Waals surface area contributed by atoms with Crippen LogP contribution in [0.3, 0.4) is 0 Å². The predicted molar refractivity (Wildman–Crippen MR) is 199 cm³/mol. The van der Waals surface area contributed by atoms with Crippen molar-refractivity contribution in [2.75, 3.05) is 44.5 Å². The highest BCUT2D eigenvalue weighted by Crippen LogP contribution is 2.34. The number of hydrogen-bond acceptors (Lipinski definition) is 12. The fourth-order valence-corrected chi connectivity index (χ4v) is 6.93. The van der Waals surface area contributed by atoms with E-state index < -0.39 is 38.2 Å². The Morgan fingerprint density at radius 1 is 1.22 bits per heavy atom. The van der Waals surface area contributed by atoms with E-state index in [9.17, 15) is 33.3 Å². The summed E-state index contributed by atoms with van der Waals surface area (Å²) in [4.78, 5) is 56.3. The van der Waals surface area contributed by atoms with E-state index in [1.165, 1.54) is 13.2 Å². The van der Waals surface area contributed by atoms with Crippen LogP contribution in [0.1, 0.15) is 18.4 Å². The van der Waals surface area contributed by atoms with E-state index in [1.807, 2.05) is 11.4 Å². The highest BCUT2D eigenvalue weighted by molar-refractivity contribution is 9.11. The second-order valence-electron chi connectivity index (χ2n) is 10.1. The Morgan fingerprint density at radius 3 is 2.28 bits per heavy atom. The fourth-order valence-electron chi connectivity index (χ4n) is 3.36. The number of methoxy groups -OCH3 is 1. The lowest BCUT2D eigenvalue weighted by Gasteiger charge is -2.15. The van der Waals surface area contributed by atoms with Gasteiger partial charge in [0.1, 0.15) is 24.8 Å². The average Bonchev–Trinajstić information content (AvgIpc) is 3.34. The Bertz CT molecular complexity index is 1820. The molecule has 0 saturated heterocycles. The summed E-state index contributed by atoms with van der Waals surface area (Å²) in [6, 6.07) is 7.72. The molecule has 50 heavy (non-hydrogen) atoms. The first-order chi connectivity index (χ1) is 23.3. The Morgan fingerprint density at radius 2 is 1.78 bits per heavy atom. The SMILES string of the molecule is COC(=O)CSc1cc(/N=c2\sc(=O)n3n2CCCC3)c(F)cc1Cl.C[S+](C)C.N#Cc1cc(Br)c(O)c(Br)c1.O=C(O)CNCP(=O)([O-])O. The lowest BCUT2D eigenvalue weighted by molar-refractivity contribution is -0.193. The van der Waals surface area contributed by atoms with Crippen molar-refractivity contribution < 1.29 is 43.3 Å². The number of carbonyl (C=O) groups excluding carboxylic acids is 1. The number of halogens is 4. The molecule has 0 spiro atoms. The number of aliphatic carboxylic acids is 1. The van der Waals surface area contributed by atoms with Gasteiger partial charge in [-0.25, -0.2) is 14.1 Å². The summed E-state index contributed by atoms with van der Waals surface area (Å²) >= 11 is 14.4. The van der Waals surface area contributed by atoms with Crippen LogP contribution in [-0.4, -0.2) is 80.9 Å². The number of fused-ring (bicyclic) bond motifs is 1. The zero-order valence-corrected chi connectivity index (χ0v) is 34.3. The van der Waals surface area contributed by atoms with Crippen LogP contribution < -0.4 is 19.9 Å². The predicted octanol–water partition coefficient (Wildman–Crippen LogP) is 4.24. The molecule has 4 rings (SSSR count). The van der Waals surface area contributed by atoms with Gasteiger partial charge in [-0.2, -0.15) is 5.26 Å². The van der Waals surface area contributed by atoms with Crippen molar-refractivity contribution in [2.24, 2.45) is 4.99 Å². The number of phenols is 1.